The molecule has 2 saturated carbocycles. The number of benzene rings is 1. The molecule has 1 aliphatic heterocycles. The van der Waals surface area contributed by atoms with E-state index in [0.717, 1.165) is 23.8 Å². The van der Waals surface area contributed by atoms with Gasteiger partial charge in [-0.25, -0.2) is 4.68 Å². The van der Waals surface area contributed by atoms with E-state index in [4.69, 9.17) is 10.1 Å². The number of carbonyl (C=O) groups is 1. The van der Waals surface area contributed by atoms with Crippen molar-refractivity contribution in [3.8, 4) is 11.4 Å². The number of carbonyl (C=O) groups excluding carboxylic acids is 1. The minimum atomic E-state index is 0.0359. The van der Waals surface area contributed by atoms with E-state index in [0.29, 0.717) is 12.3 Å². The first-order valence-electron chi connectivity index (χ1n) is 11.9. The van der Waals surface area contributed by atoms with E-state index >= 15 is 0 Å². The highest BCUT2D eigenvalue weighted by molar-refractivity contribution is 5.92. The monoisotopic (exact) mass is 406 g/mol. The lowest BCUT2D eigenvalue weighted by Gasteiger charge is -2.55. The molecule has 160 valence electrons. The van der Waals surface area contributed by atoms with Crippen molar-refractivity contribution in [2.75, 3.05) is 4.90 Å². The van der Waals surface area contributed by atoms with Crippen LogP contribution in [0.2, 0.25) is 0 Å². The summed E-state index contributed by atoms with van der Waals surface area (Å²) in [6, 6.07) is 6.74. The zero-order valence-electron chi connectivity index (χ0n) is 18.7. The average molecular weight is 407 g/mol. The lowest BCUT2D eigenvalue weighted by molar-refractivity contribution is -0.120. The number of aromatic nitrogens is 3. The van der Waals surface area contributed by atoms with Crippen LogP contribution in [0.1, 0.15) is 82.3 Å². The molecule has 0 unspecified atom stereocenters. The number of nitrogens with zero attached hydrogens (tertiary/aromatic N) is 4. The number of fused-ring (bicyclic) bond motifs is 4. The summed E-state index contributed by atoms with van der Waals surface area (Å²) in [7, 11) is 0. The van der Waals surface area contributed by atoms with Crippen LogP contribution in [-0.2, 0) is 10.3 Å². The normalized spacial score (nSPS) is 25.1. The van der Waals surface area contributed by atoms with Gasteiger partial charge in [0, 0.05) is 23.9 Å². The fourth-order valence-electron chi connectivity index (χ4n) is 6.33. The zero-order chi connectivity index (χ0) is 20.9. The molecule has 2 aromatic rings. The van der Waals surface area contributed by atoms with Gasteiger partial charge in [-0.15, -0.1) is 5.10 Å². The summed E-state index contributed by atoms with van der Waals surface area (Å²) in [6.45, 7) is 6.24. The van der Waals surface area contributed by atoms with Gasteiger partial charge in [0.15, 0.2) is 5.82 Å². The van der Waals surface area contributed by atoms with Crippen LogP contribution in [0.3, 0.4) is 0 Å². The third-order valence-corrected chi connectivity index (χ3v) is 8.03. The number of rotatable bonds is 2. The molecule has 2 heterocycles. The van der Waals surface area contributed by atoms with Crippen molar-refractivity contribution in [1.82, 2.24) is 14.8 Å². The third kappa shape index (κ3) is 2.92. The summed E-state index contributed by atoms with van der Waals surface area (Å²) in [5, 5.41) is 5.14. The molecule has 0 saturated heterocycles. The van der Waals surface area contributed by atoms with Gasteiger partial charge in [-0.1, -0.05) is 51.2 Å². The van der Waals surface area contributed by atoms with Gasteiger partial charge in [0.25, 0.3) is 0 Å². The van der Waals surface area contributed by atoms with E-state index in [-0.39, 0.29) is 17.5 Å². The molecular weight excluding hydrogens is 372 g/mol. The predicted octanol–water partition coefficient (Wildman–Crippen LogP) is 5.54. The molecule has 0 bridgehead atoms. The van der Waals surface area contributed by atoms with Crippen LogP contribution in [0.15, 0.2) is 18.2 Å². The van der Waals surface area contributed by atoms with Crippen molar-refractivity contribution in [2.24, 2.45) is 5.92 Å². The molecule has 0 N–H and O–H groups in total. The van der Waals surface area contributed by atoms with Gasteiger partial charge in [-0.3, -0.25) is 9.69 Å². The van der Waals surface area contributed by atoms with Crippen molar-refractivity contribution >= 4 is 11.9 Å². The second-order valence-electron chi connectivity index (χ2n) is 9.69. The molecule has 3 aliphatic rings. The second kappa shape index (κ2) is 7.51. The van der Waals surface area contributed by atoms with E-state index in [2.05, 4.69) is 36.7 Å². The molecular formula is C25H34N4O. The standard InChI is InChI=1S/C25H34N4O/c1-4-22(30)28-21-11-7-6-10-20(21)25(14-8-5-9-15-25)29-24(28)26-23(27-29)19-13-12-17(2)18(3)16-19/h12-13,16,20-21H,4-11,14-15H2,1-3H3/t20-,21+/m1/s1. The molecule has 2 aliphatic carbocycles. The summed E-state index contributed by atoms with van der Waals surface area (Å²) >= 11 is 0. The largest absolute Gasteiger partial charge is 0.277 e. The van der Waals surface area contributed by atoms with Gasteiger partial charge in [0.2, 0.25) is 11.9 Å². The van der Waals surface area contributed by atoms with Gasteiger partial charge >= 0.3 is 0 Å². The highest BCUT2D eigenvalue weighted by atomic mass is 16.2. The maximum atomic E-state index is 13.1. The Hall–Kier alpha value is -2.17. The van der Waals surface area contributed by atoms with Crippen molar-refractivity contribution < 1.29 is 4.79 Å². The molecule has 2 atom stereocenters. The third-order valence-electron chi connectivity index (χ3n) is 8.03. The molecule has 1 aromatic heterocycles. The molecule has 1 aromatic carbocycles. The average Bonchev–Trinajstić information content (AvgIpc) is 3.22. The Morgan fingerprint density at radius 3 is 2.57 bits per heavy atom. The highest BCUT2D eigenvalue weighted by Crippen LogP contribution is 2.53. The van der Waals surface area contributed by atoms with Crippen LogP contribution < -0.4 is 4.90 Å². The Kier molecular flexibility index (Phi) is 4.95. The van der Waals surface area contributed by atoms with Crippen molar-refractivity contribution in [3.63, 3.8) is 0 Å². The van der Waals surface area contributed by atoms with E-state index in [1.807, 2.05) is 11.8 Å². The van der Waals surface area contributed by atoms with Crippen LogP contribution in [-0.4, -0.2) is 26.7 Å². The topological polar surface area (TPSA) is 51.0 Å². The molecule has 1 spiro atoms. The number of hydrogen-bond acceptors (Lipinski definition) is 3. The highest BCUT2D eigenvalue weighted by Gasteiger charge is 2.54. The minimum absolute atomic E-state index is 0.0359. The van der Waals surface area contributed by atoms with Gasteiger partial charge in [0.05, 0.1) is 5.54 Å². The van der Waals surface area contributed by atoms with E-state index < -0.39 is 0 Å². The van der Waals surface area contributed by atoms with Crippen LogP contribution >= 0.6 is 0 Å². The fraction of sp³-hybridized carbons (Fsp3) is 0.640. The zero-order valence-corrected chi connectivity index (χ0v) is 18.7. The summed E-state index contributed by atoms with van der Waals surface area (Å²) in [5.74, 6) is 2.27. The van der Waals surface area contributed by atoms with Crippen LogP contribution in [0.25, 0.3) is 11.4 Å². The first-order valence-corrected chi connectivity index (χ1v) is 11.9. The van der Waals surface area contributed by atoms with E-state index in [9.17, 15) is 4.79 Å². The first-order chi connectivity index (χ1) is 14.5. The Labute approximate surface area is 179 Å². The van der Waals surface area contributed by atoms with Crippen LogP contribution in [0.4, 0.5) is 5.95 Å². The number of anilines is 1. The van der Waals surface area contributed by atoms with Crippen molar-refractivity contribution in [3.05, 3.63) is 29.3 Å². The lowest BCUT2D eigenvalue weighted by Crippen LogP contribution is -2.61. The van der Waals surface area contributed by atoms with E-state index in [1.165, 1.54) is 62.5 Å². The molecule has 2 fully saturated rings. The van der Waals surface area contributed by atoms with Gasteiger partial charge in [-0.05, 0) is 56.7 Å². The van der Waals surface area contributed by atoms with Crippen LogP contribution in [0, 0.1) is 19.8 Å². The summed E-state index contributed by atoms with van der Waals surface area (Å²) in [4.78, 5) is 20.2. The molecule has 1 amide bonds. The van der Waals surface area contributed by atoms with Gasteiger partial charge < -0.3 is 0 Å². The van der Waals surface area contributed by atoms with E-state index in [1.54, 1.807) is 0 Å². The summed E-state index contributed by atoms with van der Waals surface area (Å²) in [5.41, 5.74) is 3.62. The summed E-state index contributed by atoms with van der Waals surface area (Å²) in [6.07, 6.45) is 11.5. The summed E-state index contributed by atoms with van der Waals surface area (Å²) < 4.78 is 2.22. The Bertz CT molecular complexity index is 956. The molecule has 30 heavy (non-hydrogen) atoms. The number of hydrogen-bond donors (Lipinski definition) is 0. The molecule has 5 rings (SSSR count). The molecule has 5 nitrogen and oxygen atoms in total. The number of aryl methyl sites for hydroxylation is 2. The predicted molar refractivity (Wildman–Crippen MR) is 120 cm³/mol. The molecule has 5 heteroatoms. The Morgan fingerprint density at radius 1 is 1.07 bits per heavy atom. The SMILES string of the molecule is CCC(=O)N1c2nc(-c3ccc(C)c(C)c3)nn2C2(CCCCC2)[C@@H]2CCCC[C@@H]21. The fourth-order valence-corrected chi connectivity index (χ4v) is 6.33. The Morgan fingerprint density at radius 2 is 1.83 bits per heavy atom. The molecule has 0 radical (unpaired) electrons. The smallest absolute Gasteiger partial charge is 0.231 e. The van der Waals surface area contributed by atoms with Crippen LogP contribution in [0.5, 0.6) is 0 Å². The van der Waals surface area contributed by atoms with Gasteiger partial charge in [-0.2, -0.15) is 4.98 Å². The maximum Gasteiger partial charge on any atom is 0.231 e. The quantitative estimate of drug-likeness (QED) is 0.658. The van der Waals surface area contributed by atoms with Crippen molar-refractivity contribution in [2.45, 2.75) is 96.6 Å². The maximum absolute atomic E-state index is 13.1. The lowest BCUT2D eigenvalue weighted by atomic mass is 9.64. The first kappa shape index (κ1) is 19.8. The minimum Gasteiger partial charge on any atom is -0.277 e. The second-order valence-corrected chi connectivity index (χ2v) is 9.69. The van der Waals surface area contributed by atoms with Crippen molar-refractivity contribution in [1.29, 1.82) is 0 Å². The Balaban J connectivity index is 1.70. The number of amides is 1. The van der Waals surface area contributed by atoms with Gasteiger partial charge in [0.1, 0.15) is 0 Å².